The van der Waals surface area contributed by atoms with E-state index in [0.717, 1.165) is 22.2 Å². The number of hydrogen-bond donors (Lipinski definition) is 1. The van der Waals surface area contributed by atoms with Gasteiger partial charge in [0.15, 0.2) is 5.78 Å². The minimum atomic E-state index is -0.365. The van der Waals surface area contributed by atoms with Crippen molar-refractivity contribution in [2.75, 3.05) is 6.54 Å². The number of amides is 1. The van der Waals surface area contributed by atoms with E-state index in [0.29, 0.717) is 11.4 Å². The van der Waals surface area contributed by atoms with Crippen molar-refractivity contribution in [1.82, 2.24) is 14.9 Å². The van der Waals surface area contributed by atoms with Gasteiger partial charge in [-0.15, -0.1) is 0 Å². The lowest BCUT2D eigenvalue weighted by atomic mass is 10.0. The summed E-state index contributed by atoms with van der Waals surface area (Å²) in [4.78, 5) is 34.9. The highest BCUT2D eigenvalue weighted by molar-refractivity contribution is 5.99. The van der Waals surface area contributed by atoms with Gasteiger partial charge in [0.2, 0.25) is 0 Å². The van der Waals surface area contributed by atoms with Crippen molar-refractivity contribution in [2.45, 2.75) is 12.5 Å². The number of hydrogen-bond acceptors (Lipinski definition) is 3. The molecule has 0 aliphatic carbocycles. The Bertz CT molecular complexity index is 1160. The zero-order valence-corrected chi connectivity index (χ0v) is 15.7. The molecule has 1 atom stereocenters. The van der Waals surface area contributed by atoms with Gasteiger partial charge in [0.1, 0.15) is 5.82 Å². The first-order chi connectivity index (χ1) is 14.2. The van der Waals surface area contributed by atoms with Crippen LogP contribution in [0, 0.1) is 0 Å². The minimum Gasteiger partial charge on any atom is -0.340 e. The molecule has 0 bridgehead atoms. The second-order valence-electron chi connectivity index (χ2n) is 7.27. The summed E-state index contributed by atoms with van der Waals surface area (Å²) in [5.41, 5.74) is 4.46. The molecule has 4 aromatic rings. The van der Waals surface area contributed by atoms with Gasteiger partial charge in [-0.05, 0) is 35.4 Å². The minimum absolute atomic E-state index is 0.0460. The third-order valence-corrected chi connectivity index (χ3v) is 5.37. The Balaban J connectivity index is 1.43. The molecule has 5 heteroatoms. The molecule has 1 aliphatic heterocycles. The Kier molecular flexibility index (Phi) is 4.21. The Morgan fingerprint density at radius 1 is 0.897 bits per heavy atom. The van der Waals surface area contributed by atoms with Crippen LogP contribution in [-0.4, -0.2) is 33.1 Å². The van der Waals surface area contributed by atoms with Crippen LogP contribution >= 0.6 is 0 Å². The average Bonchev–Trinajstić information content (AvgIpc) is 3.37. The molecular formula is C24H19N3O2. The molecule has 0 spiro atoms. The van der Waals surface area contributed by atoms with Gasteiger partial charge in [0, 0.05) is 12.0 Å². The molecule has 1 aliphatic rings. The zero-order chi connectivity index (χ0) is 19.8. The van der Waals surface area contributed by atoms with Gasteiger partial charge < -0.3 is 9.88 Å². The lowest BCUT2D eigenvalue weighted by Gasteiger charge is -2.22. The second kappa shape index (κ2) is 7.02. The number of nitrogens with zero attached hydrogens (tertiary/aromatic N) is 2. The number of carbonyl (C=O) groups excluding carboxylic acids is 2. The molecule has 2 heterocycles. The van der Waals surface area contributed by atoms with Gasteiger partial charge in [-0.2, -0.15) is 0 Å². The van der Waals surface area contributed by atoms with Crippen molar-refractivity contribution in [3.63, 3.8) is 0 Å². The normalized spacial score (nSPS) is 16.5. The highest BCUT2D eigenvalue weighted by Crippen LogP contribution is 2.31. The van der Waals surface area contributed by atoms with E-state index in [4.69, 9.17) is 0 Å². The molecular weight excluding hydrogens is 362 g/mol. The first kappa shape index (κ1) is 17.4. The van der Waals surface area contributed by atoms with Crippen LogP contribution in [-0.2, 0) is 4.79 Å². The van der Waals surface area contributed by atoms with E-state index in [1.807, 2.05) is 78.9 Å². The molecule has 1 unspecified atom stereocenters. The number of rotatable bonds is 3. The van der Waals surface area contributed by atoms with Crippen molar-refractivity contribution < 1.29 is 9.59 Å². The lowest BCUT2D eigenvalue weighted by Crippen LogP contribution is -2.31. The maximum atomic E-state index is 13.2. The fourth-order valence-corrected chi connectivity index (χ4v) is 3.88. The molecule has 0 saturated carbocycles. The van der Waals surface area contributed by atoms with Crippen LogP contribution < -0.4 is 0 Å². The summed E-state index contributed by atoms with van der Waals surface area (Å²) in [6.07, 6.45) is 0.285. The highest BCUT2D eigenvalue weighted by Gasteiger charge is 2.37. The molecule has 1 saturated heterocycles. The summed E-state index contributed by atoms with van der Waals surface area (Å²) in [6, 6.07) is 24.9. The Morgan fingerprint density at radius 2 is 1.59 bits per heavy atom. The Hall–Kier alpha value is -3.73. The van der Waals surface area contributed by atoms with Crippen LogP contribution in [0.25, 0.3) is 22.2 Å². The third-order valence-electron chi connectivity index (χ3n) is 5.37. The van der Waals surface area contributed by atoms with Crippen LogP contribution in [0.3, 0.4) is 0 Å². The Labute approximate surface area is 168 Å². The zero-order valence-electron chi connectivity index (χ0n) is 15.7. The molecule has 142 valence electrons. The predicted octanol–water partition coefficient (Wildman–Crippen LogP) is 4.39. The highest BCUT2D eigenvalue weighted by atomic mass is 16.2. The van der Waals surface area contributed by atoms with Gasteiger partial charge in [-0.3, -0.25) is 9.59 Å². The Morgan fingerprint density at radius 3 is 2.34 bits per heavy atom. The average molecular weight is 381 g/mol. The summed E-state index contributed by atoms with van der Waals surface area (Å²) < 4.78 is 0. The van der Waals surface area contributed by atoms with Crippen molar-refractivity contribution in [3.05, 3.63) is 90.3 Å². The maximum absolute atomic E-state index is 13.2. The van der Waals surface area contributed by atoms with Crippen molar-refractivity contribution in [2.24, 2.45) is 0 Å². The number of aromatic amines is 1. The summed E-state index contributed by atoms with van der Waals surface area (Å²) in [6.45, 7) is 0.112. The van der Waals surface area contributed by atoms with Crippen LogP contribution in [0.4, 0.5) is 0 Å². The van der Waals surface area contributed by atoms with Crippen LogP contribution in [0.1, 0.15) is 28.6 Å². The fraction of sp³-hybridized carbons (Fsp3) is 0.125. The van der Waals surface area contributed by atoms with Gasteiger partial charge in [-0.1, -0.05) is 54.6 Å². The first-order valence-electron chi connectivity index (χ1n) is 9.62. The monoisotopic (exact) mass is 381 g/mol. The van der Waals surface area contributed by atoms with E-state index < -0.39 is 0 Å². The number of H-pyrrole nitrogens is 1. The number of imidazole rings is 1. The largest absolute Gasteiger partial charge is 0.340 e. The standard InChI is InChI=1S/C24H19N3O2/c28-19-14-22(23-25-20-8-4-5-9-21(20)26-23)27(15-19)24(29)18-12-10-17(11-13-18)16-6-2-1-3-7-16/h1-13,22H,14-15H2,(H,25,26). The molecule has 5 rings (SSSR count). The predicted molar refractivity (Wildman–Crippen MR) is 111 cm³/mol. The SMILES string of the molecule is O=C1CC(c2nc3ccccc3[nH]2)N(C(=O)c2ccc(-c3ccccc3)cc2)C1. The molecule has 1 N–H and O–H groups in total. The maximum Gasteiger partial charge on any atom is 0.254 e. The van der Waals surface area contributed by atoms with E-state index in [-0.39, 0.29) is 30.7 Å². The van der Waals surface area contributed by atoms with Crippen molar-refractivity contribution in [3.8, 4) is 11.1 Å². The van der Waals surface area contributed by atoms with Crippen LogP contribution in [0.2, 0.25) is 0 Å². The fourth-order valence-electron chi connectivity index (χ4n) is 3.88. The lowest BCUT2D eigenvalue weighted by molar-refractivity contribution is -0.116. The summed E-state index contributed by atoms with van der Waals surface area (Å²) in [5.74, 6) is 0.553. The van der Waals surface area contributed by atoms with E-state index in [1.165, 1.54) is 0 Å². The molecule has 1 aromatic heterocycles. The summed E-state index contributed by atoms with van der Waals surface area (Å²) in [5, 5.41) is 0. The molecule has 1 amide bonds. The van der Waals surface area contributed by atoms with E-state index in [9.17, 15) is 9.59 Å². The van der Waals surface area contributed by atoms with E-state index in [2.05, 4.69) is 9.97 Å². The van der Waals surface area contributed by atoms with Gasteiger partial charge in [0.25, 0.3) is 5.91 Å². The number of para-hydroxylation sites is 2. The number of carbonyl (C=O) groups is 2. The van der Waals surface area contributed by atoms with Gasteiger partial charge >= 0.3 is 0 Å². The number of Topliss-reactive ketones (excluding diaryl/α,β-unsaturated/α-hetero) is 1. The number of fused-ring (bicyclic) bond motifs is 1. The van der Waals surface area contributed by atoms with Crippen LogP contribution in [0.15, 0.2) is 78.9 Å². The quantitative estimate of drug-likeness (QED) is 0.572. The molecule has 29 heavy (non-hydrogen) atoms. The molecule has 5 nitrogen and oxygen atoms in total. The number of nitrogens with one attached hydrogen (secondary N) is 1. The summed E-state index contributed by atoms with van der Waals surface area (Å²) in [7, 11) is 0. The number of ketones is 1. The number of likely N-dealkylation sites (tertiary alicyclic amines) is 1. The van der Waals surface area contributed by atoms with Crippen LogP contribution in [0.5, 0.6) is 0 Å². The molecule has 0 radical (unpaired) electrons. The second-order valence-corrected chi connectivity index (χ2v) is 7.27. The number of aromatic nitrogens is 2. The van der Waals surface area contributed by atoms with E-state index in [1.54, 1.807) is 4.90 Å². The third kappa shape index (κ3) is 3.21. The summed E-state index contributed by atoms with van der Waals surface area (Å²) >= 11 is 0. The topological polar surface area (TPSA) is 66.1 Å². The van der Waals surface area contributed by atoms with Gasteiger partial charge in [0.05, 0.1) is 23.6 Å². The molecule has 3 aromatic carbocycles. The smallest absolute Gasteiger partial charge is 0.254 e. The first-order valence-corrected chi connectivity index (χ1v) is 9.62. The van der Waals surface area contributed by atoms with Gasteiger partial charge in [-0.25, -0.2) is 4.98 Å². The van der Waals surface area contributed by atoms with E-state index >= 15 is 0 Å². The van der Waals surface area contributed by atoms with Crippen molar-refractivity contribution in [1.29, 1.82) is 0 Å². The number of benzene rings is 3. The van der Waals surface area contributed by atoms with Crippen molar-refractivity contribution >= 4 is 22.7 Å². The molecule has 1 fully saturated rings.